The molecule has 2 fully saturated rings. The van der Waals surface area contributed by atoms with E-state index in [1.807, 2.05) is 20.0 Å². The summed E-state index contributed by atoms with van der Waals surface area (Å²) in [4.78, 5) is 15.4. The SMILES string of the molecule is CCc1ccccc1CCC(C)CN1C2CCC1CC(CNC(=O)c1cc(C)nn1C)C2. The lowest BCUT2D eigenvalue weighted by Crippen LogP contribution is -2.47. The Morgan fingerprint density at radius 3 is 2.50 bits per heavy atom. The number of amides is 1. The first kappa shape index (κ1) is 23.0. The highest BCUT2D eigenvalue weighted by Gasteiger charge is 2.40. The quantitative estimate of drug-likeness (QED) is 0.628. The molecule has 1 N–H and O–H groups in total. The maximum absolute atomic E-state index is 12.6. The van der Waals surface area contributed by atoms with Crippen molar-refractivity contribution in [3.05, 3.63) is 52.8 Å². The van der Waals surface area contributed by atoms with Crippen molar-refractivity contribution in [1.82, 2.24) is 20.0 Å². The Kier molecular flexibility index (Phi) is 7.34. The number of rotatable bonds is 9. The van der Waals surface area contributed by atoms with Crippen LogP contribution in [0.3, 0.4) is 0 Å². The summed E-state index contributed by atoms with van der Waals surface area (Å²) >= 11 is 0. The van der Waals surface area contributed by atoms with Gasteiger partial charge in [-0.1, -0.05) is 38.1 Å². The lowest BCUT2D eigenvalue weighted by atomic mass is 9.89. The maximum atomic E-state index is 12.6. The van der Waals surface area contributed by atoms with Crippen molar-refractivity contribution in [3.8, 4) is 0 Å². The van der Waals surface area contributed by atoms with Crippen molar-refractivity contribution in [2.24, 2.45) is 18.9 Å². The summed E-state index contributed by atoms with van der Waals surface area (Å²) in [6.45, 7) is 8.61. The molecule has 5 heteroatoms. The summed E-state index contributed by atoms with van der Waals surface area (Å²) in [7, 11) is 1.84. The zero-order chi connectivity index (χ0) is 22.7. The second-order valence-electron chi connectivity index (χ2n) is 10.2. The summed E-state index contributed by atoms with van der Waals surface area (Å²) in [5.74, 6) is 1.31. The molecule has 2 bridgehead atoms. The molecular formula is C27H40N4O. The summed E-state index contributed by atoms with van der Waals surface area (Å²) in [5.41, 5.74) is 4.57. The Labute approximate surface area is 193 Å². The number of aromatic nitrogens is 2. The molecule has 174 valence electrons. The van der Waals surface area contributed by atoms with Gasteiger partial charge < -0.3 is 5.32 Å². The van der Waals surface area contributed by atoms with E-state index in [4.69, 9.17) is 0 Å². The minimum absolute atomic E-state index is 0.00357. The van der Waals surface area contributed by atoms with Crippen LogP contribution < -0.4 is 5.32 Å². The minimum atomic E-state index is 0.00357. The minimum Gasteiger partial charge on any atom is -0.350 e. The molecule has 0 aliphatic carbocycles. The van der Waals surface area contributed by atoms with Gasteiger partial charge in [0.1, 0.15) is 5.69 Å². The van der Waals surface area contributed by atoms with Crippen molar-refractivity contribution in [3.63, 3.8) is 0 Å². The van der Waals surface area contributed by atoms with Crippen LogP contribution in [0.25, 0.3) is 0 Å². The molecule has 1 amide bonds. The fourth-order valence-corrected chi connectivity index (χ4v) is 6.00. The number of nitrogens with one attached hydrogen (secondary N) is 1. The summed E-state index contributed by atoms with van der Waals surface area (Å²) < 4.78 is 1.68. The largest absolute Gasteiger partial charge is 0.350 e. The second kappa shape index (κ2) is 10.2. The Morgan fingerprint density at radius 1 is 1.19 bits per heavy atom. The van der Waals surface area contributed by atoms with Gasteiger partial charge in [-0.25, -0.2) is 0 Å². The fraction of sp³-hybridized carbons (Fsp3) is 0.630. The van der Waals surface area contributed by atoms with Crippen LogP contribution in [0.5, 0.6) is 0 Å². The molecule has 1 aromatic heterocycles. The number of hydrogen-bond acceptors (Lipinski definition) is 3. The molecule has 2 aliphatic rings. The van der Waals surface area contributed by atoms with E-state index >= 15 is 0 Å². The Hall–Kier alpha value is -2.14. The van der Waals surface area contributed by atoms with Crippen molar-refractivity contribution in [2.75, 3.05) is 13.1 Å². The number of carbonyl (C=O) groups is 1. The van der Waals surface area contributed by atoms with Gasteiger partial charge in [0, 0.05) is 32.2 Å². The standard InChI is InChI=1S/C27H40N4O/c1-5-22-8-6-7-9-23(22)11-10-19(2)18-31-24-12-13-25(31)16-21(15-24)17-28-27(32)26-14-20(3)29-30(26)4/h6-9,14,19,21,24-25H,5,10-13,15-18H2,1-4H3,(H,28,32). The Bertz CT molecular complexity index is 906. The Morgan fingerprint density at radius 2 is 1.88 bits per heavy atom. The number of carbonyl (C=O) groups excluding carboxylic acids is 1. The lowest BCUT2D eigenvalue weighted by Gasteiger charge is -2.40. The number of benzene rings is 1. The molecule has 32 heavy (non-hydrogen) atoms. The molecular weight excluding hydrogens is 396 g/mol. The smallest absolute Gasteiger partial charge is 0.269 e. The van der Waals surface area contributed by atoms with Crippen LogP contribution in [0, 0.1) is 18.8 Å². The van der Waals surface area contributed by atoms with E-state index in [1.54, 1.807) is 4.68 Å². The van der Waals surface area contributed by atoms with Crippen LogP contribution in [0.2, 0.25) is 0 Å². The topological polar surface area (TPSA) is 50.2 Å². The lowest BCUT2D eigenvalue weighted by molar-refractivity contribution is 0.0801. The summed E-state index contributed by atoms with van der Waals surface area (Å²) in [6, 6.07) is 12.2. The molecule has 0 radical (unpaired) electrons. The van der Waals surface area contributed by atoms with Gasteiger partial charge in [0.15, 0.2) is 0 Å². The number of aryl methyl sites for hydroxylation is 4. The molecule has 2 aliphatic heterocycles. The van der Waals surface area contributed by atoms with Gasteiger partial charge >= 0.3 is 0 Å². The van der Waals surface area contributed by atoms with Gasteiger partial charge in [-0.15, -0.1) is 0 Å². The molecule has 5 nitrogen and oxygen atoms in total. The van der Waals surface area contributed by atoms with E-state index in [9.17, 15) is 4.79 Å². The predicted molar refractivity (Wildman–Crippen MR) is 130 cm³/mol. The number of nitrogens with zero attached hydrogens (tertiary/aromatic N) is 3. The first-order valence-corrected chi connectivity index (χ1v) is 12.6. The summed E-state index contributed by atoms with van der Waals surface area (Å²) in [5, 5.41) is 7.47. The molecule has 1 aromatic carbocycles. The number of hydrogen-bond donors (Lipinski definition) is 1. The van der Waals surface area contributed by atoms with Crippen molar-refractivity contribution < 1.29 is 4.79 Å². The molecule has 3 unspecified atom stereocenters. The highest BCUT2D eigenvalue weighted by Crippen LogP contribution is 2.39. The monoisotopic (exact) mass is 436 g/mol. The Balaban J connectivity index is 1.25. The van der Waals surface area contributed by atoms with E-state index in [1.165, 1.54) is 56.2 Å². The third kappa shape index (κ3) is 5.25. The zero-order valence-corrected chi connectivity index (χ0v) is 20.3. The molecule has 4 rings (SSSR count). The molecule has 0 spiro atoms. The average molecular weight is 437 g/mol. The number of fused-ring (bicyclic) bond motifs is 2. The van der Waals surface area contributed by atoms with Gasteiger partial charge in [0.25, 0.3) is 5.91 Å². The van der Waals surface area contributed by atoms with Crippen molar-refractivity contribution >= 4 is 5.91 Å². The highest BCUT2D eigenvalue weighted by atomic mass is 16.2. The second-order valence-corrected chi connectivity index (χ2v) is 10.2. The first-order valence-electron chi connectivity index (χ1n) is 12.6. The third-order valence-electron chi connectivity index (χ3n) is 7.70. The van der Waals surface area contributed by atoms with E-state index in [0.29, 0.717) is 29.6 Å². The van der Waals surface area contributed by atoms with E-state index in [-0.39, 0.29) is 5.91 Å². The van der Waals surface area contributed by atoms with Crippen LogP contribution in [-0.4, -0.2) is 45.8 Å². The van der Waals surface area contributed by atoms with Crippen molar-refractivity contribution in [1.29, 1.82) is 0 Å². The third-order valence-corrected chi connectivity index (χ3v) is 7.70. The van der Waals surface area contributed by atoms with Gasteiger partial charge in [0.2, 0.25) is 0 Å². The normalized spacial score (nSPS) is 23.9. The molecule has 2 saturated heterocycles. The van der Waals surface area contributed by atoms with Gasteiger partial charge in [-0.05, 0) is 80.9 Å². The van der Waals surface area contributed by atoms with Crippen LogP contribution in [0.4, 0.5) is 0 Å². The van der Waals surface area contributed by atoms with E-state index in [2.05, 4.69) is 53.4 Å². The van der Waals surface area contributed by atoms with Gasteiger partial charge in [-0.3, -0.25) is 14.4 Å². The van der Waals surface area contributed by atoms with Crippen molar-refractivity contribution in [2.45, 2.75) is 77.8 Å². The van der Waals surface area contributed by atoms with E-state index in [0.717, 1.165) is 18.7 Å². The predicted octanol–water partition coefficient (Wildman–Crippen LogP) is 4.53. The average Bonchev–Trinajstić information content (AvgIpc) is 3.23. The highest BCUT2D eigenvalue weighted by molar-refractivity contribution is 5.92. The first-order chi connectivity index (χ1) is 15.4. The fourth-order valence-electron chi connectivity index (χ4n) is 6.00. The van der Waals surface area contributed by atoms with Crippen LogP contribution in [0.15, 0.2) is 30.3 Å². The molecule has 0 saturated carbocycles. The molecule has 2 aromatic rings. The van der Waals surface area contributed by atoms with Gasteiger partial charge in [-0.2, -0.15) is 5.10 Å². The zero-order valence-electron chi connectivity index (χ0n) is 20.3. The van der Waals surface area contributed by atoms with Crippen LogP contribution >= 0.6 is 0 Å². The van der Waals surface area contributed by atoms with Gasteiger partial charge in [0.05, 0.1) is 5.69 Å². The van der Waals surface area contributed by atoms with Crippen LogP contribution in [-0.2, 0) is 19.9 Å². The maximum Gasteiger partial charge on any atom is 0.269 e. The molecule has 3 atom stereocenters. The number of piperidine rings is 1. The van der Waals surface area contributed by atoms with Crippen LogP contribution in [0.1, 0.15) is 73.3 Å². The molecule has 3 heterocycles. The van der Waals surface area contributed by atoms with E-state index < -0.39 is 0 Å². The summed E-state index contributed by atoms with van der Waals surface area (Å²) in [6.07, 6.45) is 8.65.